The molecule has 0 saturated heterocycles. The number of carbonyl (C=O) groups excluding carboxylic acids is 1. The molecule has 1 rings (SSSR count). The van der Waals surface area contributed by atoms with Gasteiger partial charge in [-0.15, -0.1) is 11.8 Å². The van der Waals surface area contributed by atoms with Gasteiger partial charge in [-0.25, -0.2) is 4.79 Å². The summed E-state index contributed by atoms with van der Waals surface area (Å²) in [5.41, 5.74) is 1.59. The molecule has 0 saturated carbocycles. The molecule has 0 radical (unpaired) electrons. The van der Waals surface area contributed by atoms with Crippen LogP contribution in [0.5, 0.6) is 0 Å². The van der Waals surface area contributed by atoms with Gasteiger partial charge in [-0.2, -0.15) is 0 Å². The van der Waals surface area contributed by atoms with Gasteiger partial charge in [0.25, 0.3) is 0 Å². The van der Waals surface area contributed by atoms with Crippen molar-refractivity contribution in [1.82, 2.24) is 0 Å². The van der Waals surface area contributed by atoms with Crippen LogP contribution in [0, 0.1) is 0 Å². The molecular formula is C14H18O2S. The van der Waals surface area contributed by atoms with Crippen LogP contribution in [0.25, 0.3) is 0 Å². The summed E-state index contributed by atoms with van der Waals surface area (Å²) in [6.45, 7) is 7.25. The number of thioether (sulfide) groups is 1. The van der Waals surface area contributed by atoms with E-state index in [9.17, 15) is 4.79 Å². The van der Waals surface area contributed by atoms with Gasteiger partial charge in [-0.1, -0.05) is 43.8 Å². The van der Waals surface area contributed by atoms with Crippen molar-refractivity contribution in [3.05, 3.63) is 48.0 Å². The van der Waals surface area contributed by atoms with Gasteiger partial charge in [-0.05, 0) is 18.9 Å². The van der Waals surface area contributed by atoms with Crippen LogP contribution in [0.15, 0.2) is 42.5 Å². The van der Waals surface area contributed by atoms with Crippen molar-refractivity contribution in [2.24, 2.45) is 0 Å². The van der Waals surface area contributed by atoms with E-state index in [0.717, 1.165) is 12.2 Å². The standard InChI is InChI=1S/C14H18O2S/c1-4-13(16-14(15)11(2)3)17-10-12-8-6-5-7-9-12/h5-9,13H,2,4,10H2,1,3H3. The Morgan fingerprint density at radius 1 is 1.41 bits per heavy atom. The number of rotatable bonds is 6. The molecule has 0 bridgehead atoms. The molecule has 0 fully saturated rings. The highest BCUT2D eigenvalue weighted by molar-refractivity contribution is 7.99. The van der Waals surface area contributed by atoms with E-state index in [1.807, 2.05) is 25.1 Å². The Bertz CT molecular complexity index is 373. The molecule has 92 valence electrons. The Morgan fingerprint density at radius 3 is 2.59 bits per heavy atom. The molecule has 1 aromatic carbocycles. The van der Waals surface area contributed by atoms with Crippen molar-refractivity contribution < 1.29 is 9.53 Å². The summed E-state index contributed by atoms with van der Waals surface area (Å²) in [7, 11) is 0. The summed E-state index contributed by atoms with van der Waals surface area (Å²) < 4.78 is 5.31. The van der Waals surface area contributed by atoms with Crippen LogP contribution in [-0.4, -0.2) is 11.4 Å². The minimum atomic E-state index is -0.308. The molecule has 0 N–H and O–H groups in total. The molecule has 0 aromatic heterocycles. The number of benzene rings is 1. The number of hydrogen-bond donors (Lipinski definition) is 0. The number of ether oxygens (including phenoxy) is 1. The van der Waals surface area contributed by atoms with Crippen molar-refractivity contribution in [2.45, 2.75) is 31.5 Å². The van der Waals surface area contributed by atoms with E-state index in [1.54, 1.807) is 18.7 Å². The van der Waals surface area contributed by atoms with E-state index in [4.69, 9.17) is 4.74 Å². The summed E-state index contributed by atoms with van der Waals surface area (Å²) >= 11 is 1.64. The fraction of sp³-hybridized carbons (Fsp3) is 0.357. The van der Waals surface area contributed by atoms with Crippen molar-refractivity contribution in [3.8, 4) is 0 Å². The lowest BCUT2D eigenvalue weighted by molar-refractivity contribution is -0.140. The molecular weight excluding hydrogens is 232 g/mol. The third-order valence-corrected chi connectivity index (χ3v) is 3.50. The van der Waals surface area contributed by atoms with Gasteiger partial charge < -0.3 is 4.74 Å². The van der Waals surface area contributed by atoms with E-state index in [1.165, 1.54) is 5.56 Å². The van der Waals surface area contributed by atoms with E-state index < -0.39 is 0 Å². The van der Waals surface area contributed by atoms with Crippen LogP contribution in [-0.2, 0) is 15.3 Å². The SMILES string of the molecule is C=C(C)C(=O)OC(CC)SCc1ccccc1. The second-order valence-corrected chi connectivity index (χ2v) is 4.97. The molecule has 3 heteroatoms. The Morgan fingerprint density at radius 2 is 2.06 bits per heavy atom. The fourth-order valence-corrected chi connectivity index (χ4v) is 2.18. The fourth-order valence-electron chi connectivity index (χ4n) is 1.22. The molecule has 0 amide bonds. The topological polar surface area (TPSA) is 26.3 Å². The predicted molar refractivity (Wildman–Crippen MR) is 72.7 cm³/mol. The van der Waals surface area contributed by atoms with E-state index in [0.29, 0.717) is 5.57 Å². The maximum atomic E-state index is 11.4. The molecule has 0 heterocycles. The summed E-state index contributed by atoms with van der Waals surface area (Å²) in [6, 6.07) is 10.2. The summed E-state index contributed by atoms with van der Waals surface area (Å²) in [6.07, 6.45) is 0.802. The van der Waals surface area contributed by atoms with Crippen LogP contribution in [0.2, 0.25) is 0 Å². The molecule has 0 aliphatic heterocycles. The minimum Gasteiger partial charge on any atom is -0.448 e. The van der Waals surface area contributed by atoms with E-state index in [-0.39, 0.29) is 11.4 Å². The lowest BCUT2D eigenvalue weighted by Crippen LogP contribution is -2.14. The highest BCUT2D eigenvalue weighted by Crippen LogP contribution is 2.21. The van der Waals surface area contributed by atoms with Gasteiger partial charge >= 0.3 is 5.97 Å². The third-order valence-electron chi connectivity index (χ3n) is 2.20. The minimum absolute atomic E-state index is 0.0978. The largest absolute Gasteiger partial charge is 0.448 e. The molecule has 0 aliphatic carbocycles. The average Bonchev–Trinajstić information content (AvgIpc) is 2.35. The van der Waals surface area contributed by atoms with Crippen molar-refractivity contribution in [1.29, 1.82) is 0 Å². The van der Waals surface area contributed by atoms with Gasteiger partial charge in [0.05, 0.1) is 0 Å². The maximum Gasteiger partial charge on any atom is 0.334 e. The smallest absolute Gasteiger partial charge is 0.334 e. The predicted octanol–water partition coefficient (Wildman–Crippen LogP) is 3.78. The Balaban J connectivity index is 2.43. The van der Waals surface area contributed by atoms with E-state index >= 15 is 0 Å². The number of carbonyl (C=O) groups is 1. The zero-order valence-corrected chi connectivity index (χ0v) is 11.1. The normalized spacial score (nSPS) is 11.9. The Labute approximate surface area is 107 Å². The molecule has 2 nitrogen and oxygen atoms in total. The van der Waals surface area contributed by atoms with Crippen LogP contribution in [0.1, 0.15) is 25.8 Å². The lowest BCUT2D eigenvalue weighted by atomic mass is 10.2. The second-order valence-electron chi connectivity index (χ2n) is 3.82. The number of esters is 1. The highest BCUT2D eigenvalue weighted by Gasteiger charge is 2.13. The van der Waals surface area contributed by atoms with Crippen molar-refractivity contribution in [3.63, 3.8) is 0 Å². The first-order valence-corrected chi connectivity index (χ1v) is 6.70. The van der Waals surface area contributed by atoms with Gasteiger partial charge in [0.2, 0.25) is 0 Å². The van der Waals surface area contributed by atoms with Gasteiger partial charge in [0.1, 0.15) is 5.44 Å². The first kappa shape index (κ1) is 13.8. The van der Waals surface area contributed by atoms with Crippen molar-refractivity contribution >= 4 is 17.7 Å². The molecule has 1 aromatic rings. The molecule has 1 atom stereocenters. The molecule has 17 heavy (non-hydrogen) atoms. The lowest BCUT2D eigenvalue weighted by Gasteiger charge is -2.15. The average molecular weight is 250 g/mol. The maximum absolute atomic E-state index is 11.4. The second kappa shape index (κ2) is 7.17. The zero-order valence-electron chi connectivity index (χ0n) is 10.3. The first-order chi connectivity index (χ1) is 8.13. The van der Waals surface area contributed by atoms with Crippen molar-refractivity contribution in [2.75, 3.05) is 0 Å². The summed E-state index contributed by atoms with van der Waals surface area (Å²) in [5.74, 6) is 0.542. The quantitative estimate of drug-likeness (QED) is 0.436. The van der Waals surface area contributed by atoms with Gasteiger partial charge in [-0.3, -0.25) is 0 Å². The zero-order chi connectivity index (χ0) is 12.7. The van der Waals surface area contributed by atoms with E-state index in [2.05, 4.69) is 18.7 Å². The molecule has 1 unspecified atom stereocenters. The monoisotopic (exact) mass is 250 g/mol. The van der Waals surface area contributed by atoms with Crippen LogP contribution in [0.3, 0.4) is 0 Å². The summed E-state index contributed by atoms with van der Waals surface area (Å²) in [5, 5.41) is 0. The highest BCUT2D eigenvalue weighted by atomic mass is 32.2. The molecule has 0 spiro atoms. The number of hydrogen-bond acceptors (Lipinski definition) is 3. The summed E-state index contributed by atoms with van der Waals surface area (Å²) in [4.78, 5) is 11.4. The third kappa shape index (κ3) is 5.09. The van der Waals surface area contributed by atoms with Crippen LogP contribution < -0.4 is 0 Å². The Kier molecular flexibility index (Phi) is 5.84. The van der Waals surface area contributed by atoms with Gasteiger partial charge in [0, 0.05) is 11.3 Å². The Hall–Kier alpha value is -1.22. The first-order valence-electron chi connectivity index (χ1n) is 5.65. The van der Waals surface area contributed by atoms with Crippen LogP contribution in [0.4, 0.5) is 0 Å². The molecule has 0 aliphatic rings. The van der Waals surface area contributed by atoms with Crippen LogP contribution >= 0.6 is 11.8 Å². The van der Waals surface area contributed by atoms with Gasteiger partial charge in [0.15, 0.2) is 0 Å².